The Bertz CT molecular complexity index is 882. The van der Waals surface area contributed by atoms with Gasteiger partial charge in [0.25, 0.3) is 0 Å². The molecule has 1 saturated heterocycles. The monoisotopic (exact) mass is 359 g/mol. The number of rotatable bonds is 4. The number of benzene rings is 2. The average molecular weight is 359 g/mol. The van der Waals surface area contributed by atoms with Gasteiger partial charge in [-0.1, -0.05) is 30.3 Å². The van der Waals surface area contributed by atoms with Crippen molar-refractivity contribution < 1.29 is 9.59 Å². The summed E-state index contributed by atoms with van der Waals surface area (Å²) in [5, 5.41) is 8.98. The first-order valence-electron chi connectivity index (χ1n) is 9.30. The highest BCUT2D eigenvalue weighted by Gasteiger charge is 2.41. The Balaban J connectivity index is 1.59. The van der Waals surface area contributed by atoms with Crippen LogP contribution in [-0.2, 0) is 16.0 Å². The van der Waals surface area contributed by atoms with E-state index >= 15 is 0 Å². The molecule has 0 N–H and O–H groups in total. The largest absolute Gasteiger partial charge is 0.328 e. The van der Waals surface area contributed by atoms with Crippen LogP contribution in [0.2, 0.25) is 0 Å². The summed E-state index contributed by atoms with van der Waals surface area (Å²) in [4.78, 5) is 29.1. The number of hydrogen-bond acceptors (Lipinski definition) is 3. The average Bonchev–Trinajstić information content (AvgIpc) is 3.55. The first-order chi connectivity index (χ1) is 13.2. The highest BCUT2D eigenvalue weighted by Crippen LogP contribution is 2.33. The molecule has 1 aliphatic heterocycles. The summed E-state index contributed by atoms with van der Waals surface area (Å²) < 4.78 is 0. The molecule has 0 aromatic heterocycles. The number of carbonyl (C=O) groups excluding carboxylic acids is 2. The third kappa shape index (κ3) is 3.70. The summed E-state index contributed by atoms with van der Waals surface area (Å²) in [5.74, 6) is 0.138. The lowest BCUT2D eigenvalue weighted by atomic mass is 10.0. The molecule has 5 heteroatoms. The van der Waals surface area contributed by atoms with Crippen molar-refractivity contribution in [2.24, 2.45) is 5.92 Å². The number of carbonyl (C=O) groups is 2. The van der Waals surface area contributed by atoms with E-state index in [1.807, 2.05) is 18.2 Å². The molecule has 2 aliphatic rings. The molecule has 2 aromatic rings. The Morgan fingerprint density at radius 2 is 1.78 bits per heavy atom. The summed E-state index contributed by atoms with van der Waals surface area (Å²) in [7, 11) is 0. The van der Waals surface area contributed by atoms with Crippen molar-refractivity contribution >= 4 is 17.5 Å². The van der Waals surface area contributed by atoms with E-state index in [4.69, 9.17) is 5.26 Å². The van der Waals surface area contributed by atoms with Gasteiger partial charge < -0.3 is 9.80 Å². The molecule has 5 nitrogen and oxygen atoms in total. The summed E-state index contributed by atoms with van der Waals surface area (Å²) in [6.07, 6.45) is 2.58. The van der Waals surface area contributed by atoms with Crippen molar-refractivity contribution in [3.63, 3.8) is 0 Å². The van der Waals surface area contributed by atoms with Crippen LogP contribution in [0.5, 0.6) is 0 Å². The zero-order valence-electron chi connectivity index (χ0n) is 15.0. The smallest absolute Gasteiger partial charge is 0.246 e. The number of amides is 2. The topological polar surface area (TPSA) is 64.4 Å². The molecule has 0 radical (unpaired) electrons. The van der Waals surface area contributed by atoms with Crippen molar-refractivity contribution in [2.75, 3.05) is 18.0 Å². The number of piperazine rings is 1. The quantitative estimate of drug-likeness (QED) is 0.843. The first-order valence-corrected chi connectivity index (χ1v) is 9.30. The Morgan fingerprint density at radius 1 is 1.07 bits per heavy atom. The van der Waals surface area contributed by atoms with Gasteiger partial charge in [-0.25, -0.2) is 0 Å². The van der Waals surface area contributed by atoms with Crippen LogP contribution < -0.4 is 4.90 Å². The van der Waals surface area contributed by atoms with E-state index in [-0.39, 0.29) is 30.3 Å². The molecular weight excluding hydrogens is 338 g/mol. The van der Waals surface area contributed by atoms with Crippen molar-refractivity contribution in [1.82, 2.24) is 4.90 Å². The Morgan fingerprint density at radius 3 is 2.41 bits per heavy atom. The van der Waals surface area contributed by atoms with E-state index in [0.29, 0.717) is 12.1 Å². The van der Waals surface area contributed by atoms with Crippen LogP contribution in [-0.4, -0.2) is 35.8 Å². The van der Waals surface area contributed by atoms with E-state index in [2.05, 4.69) is 18.2 Å². The van der Waals surface area contributed by atoms with Gasteiger partial charge in [-0.15, -0.1) is 0 Å². The first kappa shape index (κ1) is 17.3. The number of hydrogen-bond donors (Lipinski definition) is 0. The molecule has 1 saturated carbocycles. The SMILES string of the molecule is N#Cc1ccc(N2CC(Cc3ccccc3)N(C(=O)C3CC3)CC2=O)cc1. The van der Waals surface area contributed by atoms with Gasteiger partial charge >= 0.3 is 0 Å². The molecule has 0 bridgehead atoms. The molecular formula is C22H21N3O2. The van der Waals surface area contributed by atoms with Gasteiger partial charge in [0.05, 0.1) is 17.7 Å². The maximum atomic E-state index is 12.8. The van der Waals surface area contributed by atoms with Gasteiger partial charge in [-0.05, 0) is 49.1 Å². The molecule has 1 heterocycles. The predicted molar refractivity (Wildman–Crippen MR) is 102 cm³/mol. The second-order valence-electron chi connectivity index (χ2n) is 7.25. The Kier molecular flexibility index (Phi) is 4.64. The van der Waals surface area contributed by atoms with E-state index in [0.717, 1.165) is 30.5 Å². The van der Waals surface area contributed by atoms with Crippen molar-refractivity contribution in [3.8, 4) is 6.07 Å². The molecule has 0 spiro atoms. The van der Waals surface area contributed by atoms with Gasteiger partial charge in [0.2, 0.25) is 11.8 Å². The molecule has 2 amide bonds. The lowest BCUT2D eigenvalue weighted by molar-refractivity contribution is -0.140. The fourth-order valence-electron chi connectivity index (χ4n) is 3.62. The zero-order valence-corrected chi connectivity index (χ0v) is 15.0. The second kappa shape index (κ2) is 7.24. The molecule has 4 rings (SSSR count). The number of nitriles is 1. The van der Waals surface area contributed by atoms with Crippen LogP contribution in [0.3, 0.4) is 0 Å². The predicted octanol–water partition coefficient (Wildman–Crippen LogP) is 2.75. The summed E-state index contributed by atoms with van der Waals surface area (Å²) in [6.45, 7) is 0.588. The van der Waals surface area contributed by atoms with E-state index in [1.54, 1.807) is 34.1 Å². The van der Waals surface area contributed by atoms with Crippen LogP contribution in [0.25, 0.3) is 0 Å². The minimum Gasteiger partial charge on any atom is -0.328 e. The number of nitrogens with zero attached hydrogens (tertiary/aromatic N) is 3. The van der Waals surface area contributed by atoms with E-state index in [9.17, 15) is 9.59 Å². The minimum atomic E-state index is -0.0713. The normalized spacial score (nSPS) is 19.7. The fraction of sp³-hybridized carbons (Fsp3) is 0.318. The molecule has 2 fully saturated rings. The number of anilines is 1. The van der Waals surface area contributed by atoms with Gasteiger partial charge in [0, 0.05) is 18.2 Å². The summed E-state index contributed by atoms with van der Waals surface area (Å²) >= 11 is 0. The van der Waals surface area contributed by atoms with Crippen LogP contribution in [0.4, 0.5) is 5.69 Å². The van der Waals surface area contributed by atoms with Gasteiger partial charge in [-0.2, -0.15) is 5.26 Å². The Hall–Kier alpha value is -3.13. The molecule has 136 valence electrons. The van der Waals surface area contributed by atoms with Crippen LogP contribution >= 0.6 is 0 Å². The highest BCUT2D eigenvalue weighted by atomic mass is 16.2. The van der Waals surface area contributed by atoms with Crippen LogP contribution in [0.1, 0.15) is 24.0 Å². The molecule has 27 heavy (non-hydrogen) atoms. The van der Waals surface area contributed by atoms with Crippen LogP contribution in [0.15, 0.2) is 54.6 Å². The van der Waals surface area contributed by atoms with E-state index < -0.39 is 0 Å². The zero-order chi connectivity index (χ0) is 18.8. The van der Waals surface area contributed by atoms with E-state index in [1.165, 1.54) is 0 Å². The van der Waals surface area contributed by atoms with Crippen molar-refractivity contribution in [2.45, 2.75) is 25.3 Å². The van der Waals surface area contributed by atoms with Crippen molar-refractivity contribution in [3.05, 3.63) is 65.7 Å². The van der Waals surface area contributed by atoms with Crippen LogP contribution in [0, 0.1) is 17.2 Å². The minimum absolute atomic E-state index is 0.0474. The van der Waals surface area contributed by atoms with Crippen molar-refractivity contribution in [1.29, 1.82) is 5.26 Å². The standard InChI is InChI=1S/C22H21N3O2/c23-13-17-6-10-19(11-7-17)24-14-20(12-16-4-2-1-3-5-16)25(15-21(24)26)22(27)18-8-9-18/h1-7,10-11,18,20H,8-9,12,14-15H2. The molecule has 2 aromatic carbocycles. The summed E-state index contributed by atoms with van der Waals surface area (Å²) in [5.41, 5.74) is 2.50. The lowest BCUT2D eigenvalue weighted by Crippen LogP contribution is -2.59. The second-order valence-corrected chi connectivity index (χ2v) is 7.25. The maximum absolute atomic E-state index is 12.8. The third-order valence-corrected chi connectivity index (χ3v) is 5.27. The van der Waals surface area contributed by atoms with Gasteiger partial charge in [0.1, 0.15) is 6.54 Å². The summed E-state index contributed by atoms with van der Waals surface area (Å²) in [6, 6.07) is 19.2. The molecule has 1 aliphatic carbocycles. The molecule has 1 atom stereocenters. The lowest BCUT2D eigenvalue weighted by Gasteiger charge is -2.41. The van der Waals surface area contributed by atoms with Gasteiger partial charge in [-0.3, -0.25) is 9.59 Å². The van der Waals surface area contributed by atoms with Gasteiger partial charge in [0.15, 0.2) is 0 Å². The Labute approximate surface area is 158 Å². The fourth-order valence-corrected chi connectivity index (χ4v) is 3.62. The third-order valence-electron chi connectivity index (χ3n) is 5.27. The highest BCUT2D eigenvalue weighted by molar-refractivity contribution is 5.98. The maximum Gasteiger partial charge on any atom is 0.246 e. The molecule has 1 unspecified atom stereocenters.